The molecule has 0 spiro atoms. The van der Waals surface area contributed by atoms with Crippen molar-refractivity contribution in [2.24, 2.45) is 5.10 Å². The fourth-order valence-corrected chi connectivity index (χ4v) is 5.19. The van der Waals surface area contributed by atoms with Gasteiger partial charge in [0.2, 0.25) is 17.8 Å². The van der Waals surface area contributed by atoms with Gasteiger partial charge in [-0.15, -0.1) is 0 Å². The van der Waals surface area contributed by atoms with Crippen LogP contribution >= 0.6 is 23.4 Å². The molecule has 0 radical (unpaired) electrons. The summed E-state index contributed by atoms with van der Waals surface area (Å²) in [4.78, 5) is 30.9. The van der Waals surface area contributed by atoms with Gasteiger partial charge in [0.25, 0.3) is 5.69 Å². The highest BCUT2D eigenvalue weighted by atomic mass is 35.5. The van der Waals surface area contributed by atoms with Crippen molar-refractivity contribution < 1.29 is 4.92 Å². The molecule has 2 aliphatic heterocycles. The highest BCUT2D eigenvalue weighted by Gasteiger charge is 2.21. The van der Waals surface area contributed by atoms with E-state index in [9.17, 15) is 10.1 Å². The molecule has 10 nitrogen and oxygen atoms in total. The number of hydrazone groups is 1. The van der Waals surface area contributed by atoms with E-state index in [0.717, 1.165) is 56.8 Å². The van der Waals surface area contributed by atoms with Gasteiger partial charge in [0.1, 0.15) is 0 Å². The standard InChI is InChI=1S/C24H25ClN8O2S/c25-18-6-8-19(9-7-18)36-21-10-5-17(15-20(21)33(34)35)16-26-30-22-27-23(31-11-1-2-12-31)29-24(28-22)32-13-3-4-14-32/h5-10,15-16H,1-4,11-14H2,(H,27,28,29,30)/b26-16+. The van der Waals surface area contributed by atoms with Gasteiger partial charge in [0.05, 0.1) is 16.0 Å². The van der Waals surface area contributed by atoms with Crippen LogP contribution in [0.15, 0.2) is 57.4 Å². The lowest BCUT2D eigenvalue weighted by Gasteiger charge is -2.20. The van der Waals surface area contributed by atoms with Crippen molar-refractivity contribution in [2.75, 3.05) is 41.4 Å². The predicted octanol–water partition coefficient (Wildman–Crippen LogP) is 5.23. The minimum Gasteiger partial charge on any atom is -0.341 e. The van der Waals surface area contributed by atoms with E-state index < -0.39 is 0 Å². The number of hydrogen-bond acceptors (Lipinski definition) is 10. The third kappa shape index (κ3) is 5.85. The zero-order chi connectivity index (χ0) is 24.9. The Labute approximate surface area is 217 Å². The quantitative estimate of drug-likeness (QED) is 0.240. The molecule has 0 atom stereocenters. The minimum atomic E-state index is -0.389. The topological polar surface area (TPSA) is 113 Å². The summed E-state index contributed by atoms with van der Waals surface area (Å²) in [5.74, 6) is 1.66. The molecular weight excluding hydrogens is 500 g/mol. The van der Waals surface area contributed by atoms with Crippen molar-refractivity contribution in [3.8, 4) is 0 Å². The summed E-state index contributed by atoms with van der Waals surface area (Å²) < 4.78 is 0. The molecule has 2 aromatic carbocycles. The van der Waals surface area contributed by atoms with Crippen LogP contribution in [0.2, 0.25) is 5.02 Å². The zero-order valence-corrected chi connectivity index (χ0v) is 21.1. The number of nitrogens with one attached hydrogen (secondary N) is 1. The van der Waals surface area contributed by atoms with Crippen LogP contribution in [-0.2, 0) is 0 Å². The van der Waals surface area contributed by atoms with Crippen molar-refractivity contribution in [3.63, 3.8) is 0 Å². The van der Waals surface area contributed by atoms with Gasteiger partial charge < -0.3 is 9.80 Å². The molecule has 0 amide bonds. The van der Waals surface area contributed by atoms with Gasteiger partial charge >= 0.3 is 0 Å². The summed E-state index contributed by atoms with van der Waals surface area (Å²) in [6.45, 7) is 3.71. The number of nitro groups is 1. The number of rotatable bonds is 8. The Morgan fingerprint density at radius 3 is 2.14 bits per heavy atom. The molecule has 0 unspecified atom stereocenters. The average Bonchev–Trinajstić information content (AvgIpc) is 3.61. The molecule has 5 rings (SSSR count). The Balaban J connectivity index is 1.33. The van der Waals surface area contributed by atoms with Gasteiger partial charge in [-0.05, 0) is 56.0 Å². The van der Waals surface area contributed by atoms with Crippen molar-refractivity contribution >= 4 is 53.1 Å². The van der Waals surface area contributed by atoms with E-state index >= 15 is 0 Å². The van der Waals surface area contributed by atoms with Crippen molar-refractivity contribution in [1.29, 1.82) is 0 Å². The number of nitro benzene ring substituents is 1. The lowest BCUT2D eigenvalue weighted by atomic mass is 10.2. The van der Waals surface area contributed by atoms with Crippen molar-refractivity contribution in [1.82, 2.24) is 15.0 Å². The SMILES string of the molecule is O=[N+]([O-])c1cc(/C=N/Nc2nc(N3CCCC3)nc(N3CCCC3)n2)ccc1Sc1ccc(Cl)cc1. The Kier molecular flexibility index (Phi) is 7.47. The first kappa shape index (κ1) is 24.3. The van der Waals surface area contributed by atoms with E-state index in [-0.39, 0.29) is 10.6 Å². The first-order valence-electron chi connectivity index (χ1n) is 11.8. The highest BCUT2D eigenvalue weighted by Crippen LogP contribution is 2.35. The van der Waals surface area contributed by atoms with E-state index in [0.29, 0.717) is 33.3 Å². The summed E-state index contributed by atoms with van der Waals surface area (Å²) in [6, 6.07) is 12.2. The largest absolute Gasteiger partial charge is 0.341 e. The van der Waals surface area contributed by atoms with Crippen molar-refractivity contribution in [3.05, 3.63) is 63.2 Å². The molecule has 1 N–H and O–H groups in total. The van der Waals surface area contributed by atoms with Gasteiger partial charge in [0.15, 0.2) is 0 Å². The van der Waals surface area contributed by atoms with Crippen LogP contribution in [0.5, 0.6) is 0 Å². The lowest BCUT2D eigenvalue weighted by molar-refractivity contribution is -0.387. The second-order valence-electron chi connectivity index (χ2n) is 8.56. The molecule has 0 saturated carbocycles. The predicted molar refractivity (Wildman–Crippen MR) is 143 cm³/mol. The number of anilines is 3. The molecule has 2 saturated heterocycles. The number of benzene rings is 2. The van der Waals surface area contributed by atoms with Crippen molar-refractivity contribution in [2.45, 2.75) is 35.5 Å². The molecular formula is C24H25ClN8O2S. The molecule has 2 fully saturated rings. The summed E-state index contributed by atoms with van der Waals surface area (Å²) >= 11 is 7.25. The molecule has 186 valence electrons. The monoisotopic (exact) mass is 524 g/mol. The van der Waals surface area contributed by atoms with E-state index in [1.807, 2.05) is 12.1 Å². The Morgan fingerprint density at radius 2 is 1.56 bits per heavy atom. The van der Waals surface area contributed by atoms with Crippen LogP contribution in [0.3, 0.4) is 0 Å². The Hall–Kier alpha value is -3.44. The number of halogens is 1. The first-order chi connectivity index (χ1) is 17.5. The van der Waals surface area contributed by atoms with E-state index in [2.05, 4.69) is 30.3 Å². The molecule has 3 aromatic rings. The third-order valence-electron chi connectivity index (χ3n) is 5.99. The molecule has 2 aliphatic rings. The van der Waals surface area contributed by atoms with Crippen LogP contribution in [0.25, 0.3) is 0 Å². The highest BCUT2D eigenvalue weighted by molar-refractivity contribution is 7.99. The smallest absolute Gasteiger partial charge is 0.283 e. The van der Waals surface area contributed by atoms with Crippen LogP contribution in [-0.4, -0.2) is 52.3 Å². The molecule has 3 heterocycles. The molecule has 1 aromatic heterocycles. The normalized spacial score (nSPS) is 15.7. The lowest BCUT2D eigenvalue weighted by Crippen LogP contribution is -2.25. The third-order valence-corrected chi connectivity index (χ3v) is 7.31. The van der Waals surface area contributed by atoms with Gasteiger partial charge in [0, 0.05) is 47.7 Å². The maximum atomic E-state index is 11.7. The summed E-state index contributed by atoms with van der Waals surface area (Å²) in [6.07, 6.45) is 6.01. The van der Waals surface area contributed by atoms with Gasteiger partial charge in [-0.1, -0.05) is 29.4 Å². The Morgan fingerprint density at radius 1 is 0.944 bits per heavy atom. The molecule has 0 aliphatic carbocycles. The van der Waals surface area contributed by atoms with Crippen LogP contribution in [0, 0.1) is 10.1 Å². The zero-order valence-electron chi connectivity index (χ0n) is 19.5. The average molecular weight is 525 g/mol. The van der Waals surface area contributed by atoms with E-state index in [1.165, 1.54) is 24.0 Å². The molecule has 12 heteroatoms. The molecule has 36 heavy (non-hydrogen) atoms. The fraction of sp³-hybridized carbons (Fsp3) is 0.333. The van der Waals surface area contributed by atoms with Gasteiger partial charge in [-0.25, -0.2) is 5.43 Å². The van der Waals surface area contributed by atoms with E-state index in [4.69, 9.17) is 16.6 Å². The van der Waals surface area contributed by atoms with Crippen LogP contribution in [0.1, 0.15) is 31.2 Å². The maximum Gasteiger partial charge on any atom is 0.283 e. The Bertz CT molecular complexity index is 1230. The van der Waals surface area contributed by atoms with Gasteiger partial charge in [-0.3, -0.25) is 10.1 Å². The summed E-state index contributed by atoms with van der Waals surface area (Å²) in [5, 5.41) is 16.6. The number of nitrogens with zero attached hydrogens (tertiary/aromatic N) is 7. The molecule has 0 bridgehead atoms. The number of hydrogen-bond donors (Lipinski definition) is 1. The first-order valence-corrected chi connectivity index (χ1v) is 13.0. The maximum absolute atomic E-state index is 11.7. The minimum absolute atomic E-state index is 0.00620. The number of aromatic nitrogens is 3. The van der Waals surface area contributed by atoms with Crippen LogP contribution < -0.4 is 15.2 Å². The second kappa shape index (κ2) is 11.1. The van der Waals surface area contributed by atoms with Crippen LogP contribution in [0.4, 0.5) is 23.5 Å². The van der Waals surface area contributed by atoms with E-state index in [1.54, 1.807) is 24.3 Å². The fourth-order valence-electron chi connectivity index (χ4n) is 4.16. The summed E-state index contributed by atoms with van der Waals surface area (Å²) in [7, 11) is 0. The second-order valence-corrected chi connectivity index (χ2v) is 10.1. The van der Waals surface area contributed by atoms with Gasteiger partial charge in [-0.2, -0.15) is 20.1 Å². The summed E-state index contributed by atoms with van der Waals surface area (Å²) in [5.41, 5.74) is 3.49.